The number of amides is 1. The first-order valence-corrected chi connectivity index (χ1v) is 14.8. The van der Waals surface area contributed by atoms with Gasteiger partial charge in [0.15, 0.2) is 0 Å². The minimum atomic E-state index is -3.86. The highest BCUT2D eigenvalue weighted by Gasteiger charge is 2.35. The summed E-state index contributed by atoms with van der Waals surface area (Å²) in [4.78, 5) is 16.8. The van der Waals surface area contributed by atoms with E-state index in [1.54, 1.807) is 52.6 Å². The molecule has 0 saturated heterocycles. The zero-order valence-corrected chi connectivity index (χ0v) is 23.0. The van der Waals surface area contributed by atoms with Crippen molar-refractivity contribution < 1.29 is 22.3 Å². The number of halogens is 1. The van der Waals surface area contributed by atoms with Crippen LogP contribution in [0.5, 0.6) is 5.75 Å². The SMILES string of the molecule is CCC(C)CN(CC(=O)N1CCc2sccc2C1COc1ccc(F)cc1)S(=O)(=O)c1ccc(C)cc1. The maximum Gasteiger partial charge on any atom is 0.243 e. The van der Waals surface area contributed by atoms with E-state index in [2.05, 4.69) is 0 Å². The number of hydrogen-bond acceptors (Lipinski definition) is 5. The van der Waals surface area contributed by atoms with Gasteiger partial charge in [0.05, 0.1) is 17.5 Å². The lowest BCUT2D eigenvalue weighted by atomic mass is 10.0. The number of sulfonamides is 1. The fourth-order valence-electron chi connectivity index (χ4n) is 4.41. The first-order valence-electron chi connectivity index (χ1n) is 12.5. The number of fused-ring (bicyclic) bond motifs is 1. The molecule has 9 heteroatoms. The molecule has 2 aromatic carbocycles. The van der Waals surface area contributed by atoms with Crippen LogP contribution < -0.4 is 4.74 Å². The number of benzene rings is 2. The summed E-state index contributed by atoms with van der Waals surface area (Å²) in [5.41, 5.74) is 1.98. The highest BCUT2D eigenvalue weighted by atomic mass is 32.2. The van der Waals surface area contributed by atoms with Crippen molar-refractivity contribution in [2.24, 2.45) is 5.92 Å². The smallest absolute Gasteiger partial charge is 0.243 e. The van der Waals surface area contributed by atoms with Gasteiger partial charge < -0.3 is 9.64 Å². The second-order valence-electron chi connectivity index (χ2n) is 9.54. The van der Waals surface area contributed by atoms with Crippen molar-refractivity contribution in [3.8, 4) is 5.75 Å². The molecule has 0 saturated carbocycles. The molecule has 2 atom stereocenters. The van der Waals surface area contributed by atoms with Crippen molar-refractivity contribution in [2.45, 2.75) is 44.6 Å². The van der Waals surface area contributed by atoms with E-state index in [9.17, 15) is 17.6 Å². The van der Waals surface area contributed by atoms with Crippen LogP contribution in [-0.2, 0) is 21.2 Å². The molecule has 1 aromatic heterocycles. The van der Waals surface area contributed by atoms with E-state index in [-0.39, 0.29) is 48.3 Å². The number of aryl methyl sites for hydroxylation is 1. The lowest BCUT2D eigenvalue weighted by Gasteiger charge is -2.37. The number of carbonyl (C=O) groups is 1. The molecule has 1 aliphatic rings. The van der Waals surface area contributed by atoms with Gasteiger partial charge in [0, 0.05) is 18.0 Å². The monoisotopic (exact) mass is 544 g/mol. The van der Waals surface area contributed by atoms with Gasteiger partial charge in [0.1, 0.15) is 18.2 Å². The molecule has 4 rings (SSSR count). The highest BCUT2D eigenvalue weighted by molar-refractivity contribution is 7.89. The molecule has 3 aromatic rings. The fourth-order valence-corrected chi connectivity index (χ4v) is 6.84. The Morgan fingerprint density at radius 2 is 1.86 bits per heavy atom. The van der Waals surface area contributed by atoms with Gasteiger partial charge in [-0.25, -0.2) is 12.8 Å². The summed E-state index contributed by atoms with van der Waals surface area (Å²) >= 11 is 1.65. The van der Waals surface area contributed by atoms with Crippen LogP contribution in [0.15, 0.2) is 64.9 Å². The lowest BCUT2D eigenvalue weighted by molar-refractivity contribution is -0.135. The van der Waals surface area contributed by atoms with Gasteiger partial charge in [0.2, 0.25) is 15.9 Å². The fraction of sp³-hybridized carbons (Fsp3) is 0.393. The van der Waals surface area contributed by atoms with E-state index in [4.69, 9.17) is 4.74 Å². The van der Waals surface area contributed by atoms with Crippen LogP contribution in [0.25, 0.3) is 0 Å². The van der Waals surface area contributed by atoms with Gasteiger partial charge >= 0.3 is 0 Å². The Morgan fingerprint density at radius 1 is 1.16 bits per heavy atom. The van der Waals surface area contributed by atoms with E-state index in [0.29, 0.717) is 18.7 Å². The molecule has 0 bridgehead atoms. The van der Waals surface area contributed by atoms with Crippen LogP contribution in [0, 0.1) is 18.7 Å². The molecule has 1 aliphatic heterocycles. The van der Waals surface area contributed by atoms with Gasteiger partial charge in [-0.15, -0.1) is 11.3 Å². The third-order valence-corrected chi connectivity index (χ3v) is 9.64. The average Bonchev–Trinajstić information content (AvgIpc) is 3.37. The quantitative estimate of drug-likeness (QED) is 0.341. The number of thiophene rings is 1. The maximum absolute atomic E-state index is 13.7. The maximum atomic E-state index is 13.7. The van der Waals surface area contributed by atoms with Gasteiger partial charge in [-0.3, -0.25) is 4.79 Å². The Morgan fingerprint density at radius 3 is 2.54 bits per heavy atom. The molecule has 198 valence electrons. The summed E-state index contributed by atoms with van der Waals surface area (Å²) in [5.74, 6) is -0.00590. The first-order chi connectivity index (χ1) is 17.7. The third kappa shape index (κ3) is 6.40. The molecule has 0 aliphatic carbocycles. The minimum Gasteiger partial charge on any atom is -0.491 e. The number of nitrogens with zero attached hydrogens (tertiary/aromatic N) is 2. The zero-order valence-electron chi connectivity index (χ0n) is 21.4. The van der Waals surface area contributed by atoms with E-state index in [1.807, 2.05) is 32.2 Å². The van der Waals surface area contributed by atoms with Crippen LogP contribution in [0.2, 0.25) is 0 Å². The Hall–Kier alpha value is -2.75. The van der Waals surface area contributed by atoms with Crippen molar-refractivity contribution in [1.82, 2.24) is 9.21 Å². The van der Waals surface area contributed by atoms with Gasteiger partial charge in [0.25, 0.3) is 0 Å². The number of rotatable bonds is 10. The molecule has 0 spiro atoms. The van der Waals surface area contributed by atoms with Crippen LogP contribution in [0.3, 0.4) is 0 Å². The molecule has 1 amide bonds. The number of hydrogen-bond donors (Lipinski definition) is 0. The minimum absolute atomic E-state index is 0.0930. The van der Waals surface area contributed by atoms with Crippen molar-refractivity contribution in [3.05, 3.63) is 81.8 Å². The average molecular weight is 545 g/mol. The standard InChI is InChI=1S/C28H33FN2O4S2/c1-4-20(2)17-30(37(33,34)24-11-5-21(3)6-12-24)18-28(32)31-15-13-27-25(14-16-36-27)26(31)19-35-23-9-7-22(29)8-10-23/h5-12,14,16,20,26H,4,13,15,17-19H2,1-3H3. The Labute approximate surface area is 222 Å². The van der Waals surface area contributed by atoms with Crippen LogP contribution >= 0.6 is 11.3 Å². The normalized spacial score (nSPS) is 16.5. The van der Waals surface area contributed by atoms with Crippen molar-refractivity contribution >= 4 is 27.3 Å². The molecule has 2 heterocycles. The second-order valence-corrected chi connectivity index (χ2v) is 12.5. The molecule has 2 unspecified atom stereocenters. The van der Waals surface area contributed by atoms with Crippen molar-refractivity contribution in [1.29, 1.82) is 0 Å². The Bertz CT molecular complexity index is 1310. The molecule has 0 fully saturated rings. The predicted molar refractivity (Wildman–Crippen MR) is 144 cm³/mol. The van der Waals surface area contributed by atoms with Crippen LogP contribution in [-0.4, -0.2) is 49.8 Å². The van der Waals surface area contributed by atoms with E-state index >= 15 is 0 Å². The zero-order chi connectivity index (χ0) is 26.6. The Kier molecular flexibility index (Phi) is 8.67. The molecule has 0 N–H and O–H groups in total. The first kappa shape index (κ1) is 27.3. The summed E-state index contributed by atoms with van der Waals surface area (Å²) < 4.78 is 47.8. The topological polar surface area (TPSA) is 66.9 Å². The summed E-state index contributed by atoms with van der Waals surface area (Å²) in [6.07, 6.45) is 1.51. The molecule has 6 nitrogen and oxygen atoms in total. The summed E-state index contributed by atoms with van der Waals surface area (Å²) in [6.45, 7) is 6.58. The third-order valence-electron chi connectivity index (χ3n) is 6.82. The highest BCUT2D eigenvalue weighted by Crippen LogP contribution is 2.34. The van der Waals surface area contributed by atoms with Crippen molar-refractivity contribution in [3.63, 3.8) is 0 Å². The van der Waals surface area contributed by atoms with E-state index in [0.717, 1.165) is 17.5 Å². The second kappa shape index (κ2) is 11.8. The molecule has 0 radical (unpaired) electrons. The van der Waals surface area contributed by atoms with Gasteiger partial charge in [-0.05, 0) is 72.7 Å². The summed E-state index contributed by atoms with van der Waals surface area (Å²) in [5, 5.41) is 2.00. The Balaban J connectivity index is 1.58. The van der Waals surface area contributed by atoms with E-state index < -0.39 is 10.0 Å². The largest absolute Gasteiger partial charge is 0.491 e. The number of carbonyl (C=O) groups excluding carboxylic acids is 1. The van der Waals surface area contributed by atoms with E-state index in [1.165, 1.54) is 21.3 Å². The van der Waals surface area contributed by atoms with Crippen LogP contribution in [0.4, 0.5) is 4.39 Å². The summed E-state index contributed by atoms with van der Waals surface area (Å²) in [6, 6.07) is 14.1. The lowest BCUT2D eigenvalue weighted by Crippen LogP contribution is -2.48. The molecular formula is C28H33FN2O4S2. The summed E-state index contributed by atoms with van der Waals surface area (Å²) in [7, 11) is -3.86. The van der Waals surface area contributed by atoms with Crippen molar-refractivity contribution in [2.75, 3.05) is 26.2 Å². The predicted octanol–water partition coefficient (Wildman–Crippen LogP) is 5.44. The van der Waals surface area contributed by atoms with Crippen LogP contribution in [0.1, 0.15) is 42.3 Å². The van der Waals surface area contributed by atoms with Gasteiger partial charge in [-0.2, -0.15) is 4.31 Å². The number of ether oxygens (including phenoxy) is 1. The molecular weight excluding hydrogens is 511 g/mol. The van der Waals surface area contributed by atoms with Gasteiger partial charge in [-0.1, -0.05) is 38.0 Å². The molecule has 37 heavy (non-hydrogen) atoms.